The van der Waals surface area contributed by atoms with Crippen LogP contribution >= 0.6 is 0 Å². The minimum Gasteiger partial charge on any atom is -0.328 e. The van der Waals surface area contributed by atoms with Crippen molar-refractivity contribution < 1.29 is 0 Å². The molecule has 0 bridgehead atoms. The van der Waals surface area contributed by atoms with Gasteiger partial charge >= 0.3 is 0 Å². The van der Waals surface area contributed by atoms with Gasteiger partial charge in [-0.25, -0.2) is 0 Å². The van der Waals surface area contributed by atoms with Crippen molar-refractivity contribution in [1.29, 1.82) is 5.26 Å². The standard InChI is InChI=1S/C9H19N3/c1-3-4-9(11)5-7-12(2)8-6-10/h9H,3-5,7-8,11H2,1-2H3. The summed E-state index contributed by atoms with van der Waals surface area (Å²) in [5, 5.41) is 8.38. The molecular formula is C9H19N3. The zero-order chi connectivity index (χ0) is 9.40. The third-order valence-electron chi connectivity index (χ3n) is 1.88. The lowest BCUT2D eigenvalue weighted by molar-refractivity contribution is 0.347. The van der Waals surface area contributed by atoms with Crippen LogP contribution in [-0.2, 0) is 0 Å². The summed E-state index contributed by atoms with van der Waals surface area (Å²) < 4.78 is 0. The number of hydrogen-bond donors (Lipinski definition) is 1. The topological polar surface area (TPSA) is 53.0 Å². The molecule has 0 aromatic heterocycles. The van der Waals surface area contributed by atoms with E-state index < -0.39 is 0 Å². The fourth-order valence-electron chi connectivity index (χ4n) is 1.10. The van der Waals surface area contributed by atoms with E-state index in [0.29, 0.717) is 12.6 Å². The summed E-state index contributed by atoms with van der Waals surface area (Å²) in [7, 11) is 1.95. The van der Waals surface area contributed by atoms with Gasteiger partial charge in [0.1, 0.15) is 0 Å². The Labute approximate surface area is 75.2 Å². The van der Waals surface area contributed by atoms with E-state index in [4.69, 9.17) is 11.0 Å². The Morgan fingerprint density at radius 3 is 2.67 bits per heavy atom. The first kappa shape index (κ1) is 11.4. The average molecular weight is 169 g/mol. The molecule has 3 nitrogen and oxygen atoms in total. The van der Waals surface area contributed by atoms with Gasteiger partial charge in [-0.05, 0) is 19.9 Å². The lowest BCUT2D eigenvalue weighted by Gasteiger charge is -2.15. The molecule has 0 saturated heterocycles. The van der Waals surface area contributed by atoms with Gasteiger partial charge in [-0.1, -0.05) is 13.3 Å². The van der Waals surface area contributed by atoms with Gasteiger partial charge in [0.2, 0.25) is 0 Å². The van der Waals surface area contributed by atoms with E-state index in [1.165, 1.54) is 0 Å². The SMILES string of the molecule is CCCC(N)CCN(C)CC#N. The summed E-state index contributed by atoms with van der Waals surface area (Å²) in [6.07, 6.45) is 3.22. The van der Waals surface area contributed by atoms with Crippen molar-refractivity contribution in [3.05, 3.63) is 0 Å². The van der Waals surface area contributed by atoms with Crippen molar-refractivity contribution in [2.45, 2.75) is 32.2 Å². The van der Waals surface area contributed by atoms with Crippen LogP contribution in [0.2, 0.25) is 0 Å². The lowest BCUT2D eigenvalue weighted by atomic mass is 10.1. The van der Waals surface area contributed by atoms with Gasteiger partial charge in [-0.2, -0.15) is 5.26 Å². The molecule has 0 aromatic rings. The molecule has 0 aliphatic heterocycles. The minimum absolute atomic E-state index is 0.302. The third-order valence-corrected chi connectivity index (χ3v) is 1.88. The molecule has 2 N–H and O–H groups in total. The predicted octanol–water partition coefficient (Wildman–Crippen LogP) is 0.959. The monoisotopic (exact) mass is 169 g/mol. The summed E-state index contributed by atoms with van der Waals surface area (Å²) >= 11 is 0. The van der Waals surface area contributed by atoms with Crippen molar-refractivity contribution in [3.8, 4) is 6.07 Å². The van der Waals surface area contributed by atoms with E-state index in [-0.39, 0.29) is 0 Å². The smallest absolute Gasteiger partial charge is 0.0863 e. The Kier molecular flexibility index (Phi) is 6.73. The Morgan fingerprint density at radius 1 is 1.50 bits per heavy atom. The number of rotatable bonds is 6. The van der Waals surface area contributed by atoms with Crippen LogP contribution in [0, 0.1) is 11.3 Å². The Morgan fingerprint density at radius 2 is 2.17 bits per heavy atom. The van der Waals surface area contributed by atoms with Crippen LogP contribution in [0.5, 0.6) is 0 Å². The first-order valence-electron chi connectivity index (χ1n) is 4.51. The van der Waals surface area contributed by atoms with Crippen LogP contribution in [0.25, 0.3) is 0 Å². The summed E-state index contributed by atoms with van der Waals surface area (Å²) in [6.45, 7) is 3.56. The summed E-state index contributed by atoms with van der Waals surface area (Å²) in [5.74, 6) is 0. The maximum absolute atomic E-state index is 8.38. The number of nitrogens with zero attached hydrogens (tertiary/aromatic N) is 2. The molecule has 0 aliphatic carbocycles. The third kappa shape index (κ3) is 6.14. The highest BCUT2D eigenvalue weighted by Crippen LogP contribution is 1.98. The number of hydrogen-bond acceptors (Lipinski definition) is 3. The maximum atomic E-state index is 8.38. The molecule has 0 amide bonds. The average Bonchev–Trinajstić information content (AvgIpc) is 2.02. The van der Waals surface area contributed by atoms with Crippen molar-refractivity contribution in [2.24, 2.45) is 5.73 Å². The molecule has 12 heavy (non-hydrogen) atoms. The van der Waals surface area contributed by atoms with Crippen LogP contribution in [0.1, 0.15) is 26.2 Å². The minimum atomic E-state index is 0.302. The van der Waals surface area contributed by atoms with Crippen molar-refractivity contribution in [3.63, 3.8) is 0 Å². The normalized spacial score (nSPS) is 12.9. The van der Waals surface area contributed by atoms with Gasteiger partial charge in [-0.3, -0.25) is 4.90 Å². The molecule has 3 heteroatoms. The first-order valence-corrected chi connectivity index (χ1v) is 4.51. The molecule has 0 aliphatic rings. The largest absolute Gasteiger partial charge is 0.328 e. The summed E-state index contributed by atoms with van der Waals surface area (Å²) in [6, 6.07) is 2.41. The summed E-state index contributed by atoms with van der Waals surface area (Å²) in [4.78, 5) is 2.00. The Bertz CT molecular complexity index is 139. The fourth-order valence-corrected chi connectivity index (χ4v) is 1.10. The summed E-state index contributed by atoms with van der Waals surface area (Å²) in [5.41, 5.74) is 5.82. The van der Waals surface area contributed by atoms with E-state index in [1.54, 1.807) is 0 Å². The highest BCUT2D eigenvalue weighted by Gasteiger charge is 2.02. The van der Waals surface area contributed by atoms with E-state index in [0.717, 1.165) is 25.8 Å². The molecular weight excluding hydrogens is 150 g/mol. The molecule has 0 spiro atoms. The molecule has 1 atom stereocenters. The zero-order valence-electron chi connectivity index (χ0n) is 8.08. The Balaban J connectivity index is 3.34. The fraction of sp³-hybridized carbons (Fsp3) is 0.889. The van der Waals surface area contributed by atoms with Crippen LogP contribution in [-0.4, -0.2) is 31.1 Å². The van der Waals surface area contributed by atoms with Crippen LogP contribution in [0.4, 0.5) is 0 Å². The highest BCUT2D eigenvalue weighted by atomic mass is 15.1. The highest BCUT2D eigenvalue weighted by molar-refractivity contribution is 4.75. The van der Waals surface area contributed by atoms with Gasteiger partial charge in [-0.15, -0.1) is 0 Å². The van der Waals surface area contributed by atoms with Crippen LogP contribution in [0.3, 0.4) is 0 Å². The second-order valence-corrected chi connectivity index (χ2v) is 3.23. The quantitative estimate of drug-likeness (QED) is 0.602. The second kappa shape index (κ2) is 7.08. The Hall–Kier alpha value is -0.590. The van der Waals surface area contributed by atoms with Gasteiger partial charge < -0.3 is 5.73 Å². The zero-order valence-corrected chi connectivity index (χ0v) is 8.08. The molecule has 0 fully saturated rings. The second-order valence-electron chi connectivity index (χ2n) is 3.23. The van der Waals surface area contributed by atoms with Crippen molar-refractivity contribution in [1.82, 2.24) is 4.90 Å². The van der Waals surface area contributed by atoms with Crippen molar-refractivity contribution in [2.75, 3.05) is 20.1 Å². The van der Waals surface area contributed by atoms with Gasteiger partial charge in [0.05, 0.1) is 12.6 Å². The molecule has 0 aromatic carbocycles. The van der Waals surface area contributed by atoms with Gasteiger partial charge in [0.25, 0.3) is 0 Å². The molecule has 0 rings (SSSR count). The molecule has 0 saturated carbocycles. The van der Waals surface area contributed by atoms with Crippen molar-refractivity contribution >= 4 is 0 Å². The first-order chi connectivity index (χ1) is 5.70. The van der Waals surface area contributed by atoms with E-state index in [2.05, 4.69) is 13.0 Å². The van der Waals surface area contributed by atoms with Gasteiger partial charge in [0.15, 0.2) is 0 Å². The maximum Gasteiger partial charge on any atom is 0.0863 e. The van der Waals surface area contributed by atoms with E-state index in [9.17, 15) is 0 Å². The van der Waals surface area contributed by atoms with Crippen LogP contribution < -0.4 is 5.73 Å². The molecule has 1 unspecified atom stereocenters. The molecule has 0 radical (unpaired) electrons. The molecule has 0 heterocycles. The predicted molar refractivity (Wildman–Crippen MR) is 50.6 cm³/mol. The van der Waals surface area contributed by atoms with Crippen LogP contribution in [0.15, 0.2) is 0 Å². The number of nitriles is 1. The van der Waals surface area contributed by atoms with E-state index >= 15 is 0 Å². The lowest BCUT2D eigenvalue weighted by Crippen LogP contribution is -2.28. The molecule has 70 valence electrons. The van der Waals surface area contributed by atoms with Gasteiger partial charge in [0, 0.05) is 12.6 Å². The van der Waals surface area contributed by atoms with E-state index in [1.807, 2.05) is 11.9 Å². The number of nitrogens with two attached hydrogens (primary N) is 1.